The normalized spacial score (nSPS) is 16.6. The van der Waals surface area contributed by atoms with Crippen LogP contribution in [0.1, 0.15) is 59.1 Å². The highest BCUT2D eigenvalue weighted by Crippen LogP contribution is 2.55. The van der Waals surface area contributed by atoms with Gasteiger partial charge in [0.05, 0.1) is 19.4 Å². The molecule has 3 aromatic carbocycles. The van der Waals surface area contributed by atoms with Crippen molar-refractivity contribution in [2.45, 2.75) is 76.9 Å². The zero-order chi connectivity index (χ0) is 32.6. The number of hydrogen-bond acceptors (Lipinski definition) is 8. The zero-order valence-corrected chi connectivity index (χ0v) is 29.5. The minimum atomic E-state index is -3.09. The highest BCUT2D eigenvalue weighted by molar-refractivity contribution is 7.58. The van der Waals surface area contributed by atoms with Gasteiger partial charge in [0, 0.05) is 22.2 Å². The van der Waals surface area contributed by atoms with Crippen LogP contribution in [0.4, 0.5) is 0 Å². The van der Waals surface area contributed by atoms with E-state index in [1.165, 1.54) is 0 Å². The molecular weight excluding hydrogens is 605 g/mol. The number of nitrogens with one attached hydrogen (secondary N) is 1. The Morgan fingerprint density at radius 3 is 2.24 bits per heavy atom. The molecule has 1 aliphatic heterocycles. The maximum absolute atomic E-state index is 13.7. The summed E-state index contributed by atoms with van der Waals surface area (Å²) in [5.74, 6) is 2.18. The first-order valence-corrected chi connectivity index (χ1v) is 19.5. The summed E-state index contributed by atoms with van der Waals surface area (Å²) in [6.45, 7) is 15.1. The number of hydrogen-bond donors (Lipinski definition) is 2. The molecule has 0 spiro atoms. The molecule has 0 saturated carbocycles. The summed E-state index contributed by atoms with van der Waals surface area (Å²) in [5, 5.41) is 13.5. The highest BCUT2D eigenvalue weighted by atomic mass is 31.2. The lowest BCUT2D eigenvalue weighted by Gasteiger charge is -2.50. The van der Waals surface area contributed by atoms with Crippen molar-refractivity contribution in [1.29, 1.82) is 0 Å². The Kier molecular flexibility index (Phi) is 12.0. The molecule has 1 aliphatic rings. The van der Waals surface area contributed by atoms with Crippen LogP contribution in [0.3, 0.4) is 0 Å². The van der Waals surface area contributed by atoms with Crippen LogP contribution in [0.15, 0.2) is 78.9 Å². The van der Waals surface area contributed by atoms with Gasteiger partial charge in [-0.3, -0.25) is 4.57 Å². The molecule has 0 fully saturated rings. The number of aliphatic hydroxyl groups excluding tert-OH is 1. The molecule has 0 amide bonds. The topological polar surface area (TPSA) is 95.5 Å². The van der Waals surface area contributed by atoms with Crippen molar-refractivity contribution in [3.05, 3.63) is 90.0 Å². The monoisotopic (exact) mass is 655 g/mol. The number of rotatable bonds is 15. The van der Waals surface area contributed by atoms with Gasteiger partial charge < -0.3 is 33.3 Å². The molecule has 10 heteroatoms. The SMILES string of the molecule is CC(C)(C)[Si]1(C(C)(C)C)OCc2cc(OCC(O)CNCCCOP(=O)(COc3ccccc3)Cc3ccccc3)ccc2O1. The number of aliphatic hydroxyl groups is 1. The average Bonchev–Trinajstić information content (AvgIpc) is 3.00. The molecule has 0 saturated heterocycles. The van der Waals surface area contributed by atoms with Crippen LogP contribution in [0, 0.1) is 0 Å². The second-order valence-corrected chi connectivity index (χ2v) is 20.9. The van der Waals surface area contributed by atoms with E-state index in [-0.39, 0.29) is 23.0 Å². The molecule has 4 rings (SSSR count). The molecule has 0 radical (unpaired) electrons. The van der Waals surface area contributed by atoms with E-state index in [4.69, 9.17) is 22.8 Å². The van der Waals surface area contributed by atoms with Gasteiger partial charge >= 0.3 is 8.56 Å². The fraction of sp³-hybridized carbons (Fsp3) is 0.486. The van der Waals surface area contributed by atoms with E-state index >= 15 is 0 Å². The Bertz CT molecular complexity index is 1380. The summed E-state index contributed by atoms with van der Waals surface area (Å²) in [4.78, 5) is 0. The Morgan fingerprint density at radius 2 is 1.58 bits per heavy atom. The fourth-order valence-electron chi connectivity index (χ4n) is 5.71. The first-order chi connectivity index (χ1) is 21.3. The smallest absolute Gasteiger partial charge is 0.410 e. The number of benzene rings is 3. The van der Waals surface area contributed by atoms with Crippen LogP contribution in [-0.2, 0) is 26.3 Å². The van der Waals surface area contributed by atoms with Crippen molar-refractivity contribution in [1.82, 2.24) is 5.32 Å². The Hall–Kier alpha value is -2.65. The van der Waals surface area contributed by atoms with Crippen molar-refractivity contribution in [3.8, 4) is 17.2 Å². The number of fused-ring (bicyclic) bond motifs is 1. The number of ether oxygens (including phenoxy) is 2. The van der Waals surface area contributed by atoms with Crippen molar-refractivity contribution >= 4 is 15.9 Å². The molecule has 3 aromatic rings. The van der Waals surface area contributed by atoms with Crippen molar-refractivity contribution in [2.75, 3.05) is 32.7 Å². The summed E-state index contributed by atoms with van der Waals surface area (Å²) in [5.41, 5.74) is 1.90. The standard InChI is InChI=1S/C35H50NO7PSi/c1-34(2,3)45(35(4,5)6)42-24-29-22-32(18-19-33(29)43-45)39-25-30(37)23-36-20-13-21-41-44(38,26-28-14-9-7-10-15-28)27-40-31-16-11-8-12-17-31/h7-12,14-19,22,30,36-37H,13,20-21,23-27H2,1-6H3. The van der Waals surface area contributed by atoms with E-state index in [0.717, 1.165) is 16.9 Å². The Balaban J connectivity index is 1.19. The highest BCUT2D eigenvalue weighted by Gasteiger charge is 2.61. The Labute approximate surface area is 270 Å². The summed E-state index contributed by atoms with van der Waals surface area (Å²) in [6.07, 6.45) is 0.254. The summed E-state index contributed by atoms with van der Waals surface area (Å²) in [6, 6.07) is 24.8. The van der Waals surface area contributed by atoms with E-state index in [1.54, 1.807) is 0 Å². The van der Waals surface area contributed by atoms with Gasteiger partial charge in [0.1, 0.15) is 30.0 Å². The Morgan fingerprint density at radius 1 is 0.911 bits per heavy atom. The van der Waals surface area contributed by atoms with Gasteiger partial charge in [-0.25, -0.2) is 0 Å². The van der Waals surface area contributed by atoms with Crippen LogP contribution in [0.25, 0.3) is 0 Å². The molecule has 2 atom stereocenters. The van der Waals surface area contributed by atoms with Crippen LogP contribution in [0.5, 0.6) is 17.2 Å². The van der Waals surface area contributed by atoms with Crippen molar-refractivity contribution in [3.63, 3.8) is 0 Å². The lowest BCUT2D eigenvalue weighted by Crippen LogP contribution is -2.61. The molecule has 1 heterocycles. The van der Waals surface area contributed by atoms with Gasteiger partial charge in [0.15, 0.2) is 6.35 Å². The first kappa shape index (κ1) is 35.2. The third kappa shape index (κ3) is 9.67. The largest absolute Gasteiger partial charge is 0.519 e. The van der Waals surface area contributed by atoms with Gasteiger partial charge in [-0.1, -0.05) is 90.1 Å². The molecular formula is C35H50NO7PSi. The third-order valence-corrected chi connectivity index (χ3v) is 14.8. The van der Waals surface area contributed by atoms with E-state index in [1.807, 2.05) is 78.9 Å². The van der Waals surface area contributed by atoms with E-state index < -0.39 is 22.0 Å². The second kappa shape index (κ2) is 15.3. The molecule has 246 valence electrons. The van der Waals surface area contributed by atoms with Crippen LogP contribution >= 0.6 is 7.37 Å². The molecule has 45 heavy (non-hydrogen) atoms. The minimum absolute atomic E-state index is 0.00627. The summed E-state index contributed by atoms with van der Waals surface area (Å²) < 4.78 is 44.6. The average molecular weight is 656 g/mol. The van der Waals surface area contributed by atoms with E-state index in [0.29, 0.717) is 50.4 Å². The van der Waals surface area contributed by atoms with Crippen molar-refractivity contribution in [2.24, 2.45) is 0 Å². The van der Waals surface area contributed by atoms with Gasteiger partial charge in [0.25, 0.3) is 0 Å². The fourth-order valence-corrected chi connectivity index (χ4v) is 12.2. The molecule has 8 nitrogen and oxygen atoms in total. The molecule has 2 N–H and O–H groups in total. The predicted octanol–water partition coefficient (Wildman–Crippen LogP) is 7.89. The molecule has 0 aromatic heterocycles. The summed E-state index contributed by atoms with van der Waals surface area (Å²) >= 11 is 0. The van der Waals surface area contributed by atoms with Crippen LogP contribution in [-0.4, -0.2) is 52.4 Å². The maximum atomic E-state index is 13.7. The van der Waals surface area contributed by atoms with Gasteiger partial charge in [-0.05, 0) is 48.9 Å². The predicted molar refractivity (Wildman–Crippen MR) is 182 cm³/mol. The van der Waals surface area contributed by atoms with Gasteiger partial charge in [-0.15, -0.1) is 0 Å². The maximum Gasteiger partial charge on any atom is 0.410 e. The minimum Gasteiger partial charge on any atom is -0.519 e. The summed E-state index contributed by atoms with van der Waals surface area (Å²) in [7, 11) is -5.67. The second-order valence-electron chi connectivity index (χ2n) is 13.7. The third-order valence-electron chi connectivity index (χ3n) is 7.78. The van der Waals surface area contributed by atoms with E-state index in [2.05, 4.69) is 46.9 Å². The molecule has 2 unspecified atom stereocenters. The lowest BCUT2D eigenvalue weighted by atomic mass is 10.2. The lowest BCUT2D eigenvalue weighted by molar-refractivity contribution is 0.105. The zero-order valence-electron chi connectivity index (χ0n) is 27.6. The van der Waals surface area contributed by atoms with Crippen LogP contribution < -0.4 is 19.2 Å². The first-order valence-electron chi connectivity index (χ1n) is 15.7. The number of para-hydroxylation sites is 1. The van der Waals surface area contributed by atoms with E-state index in [9.17, 15) is 9.67 Å². The van der Waals surface area contributed by atoms with Gasteiger partial charge in [-0.2, -0.15) is 0 Å². The molecule has 0 bridgehead atoms. The van der Waals surface area contributed by atoms with Crippen molar-refractivity contribution < 1.29 is 32.5 Å². The quantitative estimate of drug-likeness (QED) is 0.0970. The molecule has 0 aliphatic carbocycles. The van der Waals surface area contributed by atoms with Gasteiger partial charge in [0.2, 0.25) is 7.37 Å². The van der Waals surface area contributed by atoms with Crippen LogP contribution in [0.2, 0.25) is 10.1 Å².